The summed E-state index contributed by atoms with van der Waals surface area (Å²) < 4.78 is 10.4. The van der Waals surface area contributed by atoms with Gasteiger partial charge in [0.25, 0.3) is 0 Å². The summed E-state index contributed by atoms with van der Waals surface area (Å²) in [6.45, 7) is 3.65. The second-order valence-corrected chi connectivity index (χ2v) is 4.95. The Morgan fingerprint density at radius 2 is 2.20 bits per heavy atom. The average Bonchev–Trinajstić information content (AvgIpc) is 2.49. The fraction of sp³-hybridized carbons (Fsp3) is 0.500. The van der Waals surface area contributed by atoms with Gasteiger partial charge in [0.15, 0.2) is 5.96 Å². The van der Waals surface area contributed by atoms with Crippen LogP contribution < -0.4 is 10.5 Å². The maximum Gasteiger partial charge on any atom is 0.191 e. The van der Waals surface area contributed by atoms with Gasteiger partial charge in [-0.25, -0.2) is 0 Å². The number of benzene rings is 1. The summed E-state index contributed by atoms with van der Waals surface area (Å²) in [6.07, 6.45) is 0.758. The van der Waals surface area contributed by atoms with Crippen LogP contribution in [0.15, 0.2) is 23.2 Å². The van der Waals surface area contributed by atoms with Crippen molar-refractivity contribution in [2.75, 3.05) is 40.0 Å². The molecule has 5 nitrogen and oxygen atoms in total. The Kier molecular flexibility index (Phi) is 5.49. The first-order chi connectivity index (χ1) is 9.70. The van der Waals surface area contributed by atoms with Crippen molar-refractivity contribution in [3.63, 3.8) is 0 Å². The molecule has 2 N–H and O–H groups in total. The van der Waals surface area contributed by atoms with Crippen LogP contribution in [0, 0.1) is 0 Å². The summed E-state index contributed by atoms with van der Waals surface area (Å²) >= 11 is 6.19. The Balaban J connectivity index is 1.88. The quantitative estimate of drug-likeness (QED) is 0.676. The zero-order valence-corrected chi connectivity index (χ0v) is 12.4. The van der Waals surface area contributed by atoms with Gasteiger partial charge in [0, 0.05) is 24.7 Å². The second-order valence-electron chi connectivity index (χ2n) is 4.55. The molecule has 0 saturated carbocycles. The van der Waals surface area contributed by atoms with E-state index in [1.165, 1.54) is 0 Å². The molecule has 0 aromatic heterocycles. The monoisotopic (exact) mass is 297 g/mol. The number of hydrogen-bond acceptors (Lipinski definition) is 3. The molecular weight excluding hydrogens is 278 g/mol. The van der Waals surface area contributed by atoms with Crippen LogP contribution in [0.3, 0.4) is 0 Å². The number of aliphatic imine (C=N–C) groups is 1. The highest BCUT2D eigenvalue weighted by molar-refractivity contribution is 6.31. The molecule has 0 unspecified atom stereocenters. The molecule has 1 aromatic rings. The minimum atomic E-state index is 0.581. The molecule has 0 amide bonds. The van der Waals surface area contributed by atoms with Crippen molar-refractivity contribution in [3.05, 3.63) is 28.8 Å². The van der Waals surface area contributed by atoms with Gasteiger partial charge in [-0.2, -0.15) is 0 Å². The summed E-state index contributed by atoms with van der Waals surface area (Å²) in [5.41, 5.74) is 7.01. The highest BCUT2D eigenvalue weighted by Crippen LogP contribution is 2.22. The number of methoxy groups -OCH3 is 1. The number of nitrogens with two attached hydrogens (primary N) is 1. The largest absolute Gasteiger partial charge is 0.497 e. The van der Waals surface area contributed by atoms with E-state index in [0.717, 1.165) is 30.8 Å². The second kappa shape index (κ2) is 7.36. The van der Waals surface area contributed by atoms with Crippen LogP contribution in [0.5, 0.6) is 5.75 Å². The van der Waals surface area contributed by atoms with Gasteiger partial charge in [0.1, 0.15) is 5.75 Å². The van der Waals surface area contributed by atoms with E-state index in [4.69, 9.17) is 26.8 Å². The smallest absolute Gasteiger partial charge is 0.191 e. The van der Waals surface area contributed by atoms with Crippen LogP contribution in [0.4, 0.5) is 0 Å². The third-order valence-corrected chi connectivity index (χ3v) is 3.60. The first-order valence-electron chi connectivity index (χ1n) is 6.65. The van der Waals surface area contributed by atoms with Crippen molar-refractivity contribution in [1.82, 2.24) is 4.90 Å². The van der Waals surface area contributed by atoms with Gasteiger partial charge in [-0.1, -0.05) is 17.7 Å². The van der Waals surface area contributed by atoms with E-state index in [-0.39, 0.29) is 0 Å². The van der Waals surface area contributed by atoms with Gasteiger partial charge >= 0.3 is 0 Å². The molecule has 2 rings (SSSR count). The minimum absolute atomic E-state index is 0.581. The maximum absolute atomic E-state index is 6.19. The van der Waals surface area contributed by atoms with E-state index < -0.39 is 0 Å². The lowest BCUT2D eigenvalue weighted by Gasteiger charge is -2.27. The number of morpholine rings is 1. The highest BCUT2D eigenvalue weighted by Gasteiger charge is 2.11. The lowest BCUT2D eigenvalue weighted by atomic mass is 10.1. The first-order valence-corrected chi connectivity index (χ1v) is 7.03. The van der Waals surface area contributed by atoms with Crippen molar-refractivity contribution < 1.29 is 9.47 Å². The molecular formula is C14H20ClN3O2. The summed E-state index contributed by atoms with van der Waals surface area (Å²) in [5.74, 6) is 1.34. The average molecular weight is 298 g/mol. The Bertz CT molecular complexity index is 473. The molecule has 110 valence electrons. The van der Waals surface area contributed by atoms with Gasteiger partial charge in [-0.3, -0.25) is 4.99 Å². The van der Waals surface area contributed by atoms with Crippen molar-refractivity contribution in [2.24, 2.45) is 10.7 Å². The van der Waals surface area contributed by atoms with Gasteiger partial charge < -0.3 is 20.1 Å². The van der Waals surface area contributed by atoms with Gasteiger partial charge in [0.2, 0.25) is 0 Å². The van der Waals surface area contributed by atoms with Crippen molar-refractivity contribution >= 4 is 17.6 Å². The predicted octanol–water partition coefficient (Wildman–Crippen LogP) is 1.54. The third-order valence-electron chi connectivity index (χ3n) is 3.25. The number of hydrogen-bond donors (Lipinski definition) is 1. The molecule has 0 bridgehead atoms. The van der Waals surface area contributed by atoms with Crippen LogP contribution in [0.2, 0.25) is 5.02 Å². The van der Waals surface area contributed by atoms with E-state index in [1.54, 1.807) is 7.11 Å². The predicted molar refractivity (Wildman–Crippen MR) is 80.6 cm³/mol. The van der Waals surface area contributed by atoms with Crippen LogP contribution >= 0.6 is 11.6 Å². The molecule has 0 aliphatic carbocycles. The molecule has 1 saturated heterocycles. The number of ether oxygens (including phenoxy) is 2. The normalized spacial score (nSPS) is 16.3. The van der Waals surface area contributed by atoms with Crippen LogP contribution in [0.1, 0.15) is 5.56 Å². The van der Waals surface area contributed by atoms with E-state index in [1.807, 2.05) is 23.1 Å². The Hall–Kier alpha value is -1.46. The van der Waals surface area contributed by atoms with Gasteiger partial charge in [0.05, 0.1) is 20.3 Å². The van der Waals surface area contributed by atoms with E-state index >= 15 is 0 Å². The van der Waals surface area contributed by atoms with E-state index in [2.05, 4.69) is 4.99 Å². The summed E-state index contributed by atoms with van der Waals surface area (Å²) in [7, 11) is 1.62. The SMILES string of the molecule is COc1ccc(CCN=C(N)N2CCOCC2)c(Cl)c1. The Morgan fingerprint density at radius 3 is 2.85 bits per heavy atom. The van der Waals surface area contributed by atoms with Crippen LogP contribution in [-0.4, -0.2) is 50.8 Å². The lowest BCUT2D eigenvalue weighted by molar-refractivity contribution is 0.0674. The molecule has 20 heavy (non-hydrogen) atoms. The number of rotatable bonds is 4. The lowest BCUT2D eigenvalue weighted by Crippen LogP contribution is -2.44. The first kappa shape index (κ1) is 14.9. The van der Waals surface area contributed by atoms with Crippen LogP contribution in [0.25, 0.3) is 0 Å². The van der Waals surface area contributed by atoms with Crippen molar-refractivity contribution in [1.29, 1.82) is 0 Å². The zero-order chi connectivity index (χ0) is 14.4. The summed E-state index contributed by atoms with van der Waals surface area (Å²) in [4.78, 5) is 6.44. The number of nitrogens with zero attached hydrogens (tertiary/aromatic N) is 2. The molecule has 1 heterocycles. The molecule has 0 atom stereocenters. The van der Waals surface area contributed by atoms with Crippen molar-refractivity contribution in [3.8, 4) is 5.75 Å². The van der Waals surface area contributed by atoms with E-state index in [0.29, 0.717) is 30.7 Å². The third kappa shape index (κ3) is 4.02. The molecule has 1 aliphatic heterocycles. The number of halogens is 1. The molecule has 0 radical (unpaired) electrons. The zero-order valence-electron chi connectivity index (χ0n) is 11.6. The Labute approximate surface area is 124 Å². The fourth-order valence-corrected chi connectivity index (χ4v) is 2.31. The summed E-state index contributed by atoms with van der Waals surface area (Å²) in [5, 5.41) is 0.699. The molecule has 0 spiro atoms. The topological polar surface area (TPSA) is 60.1 Å². The number of guanidine groups is 1. The fourth-order valence-electron chi connectivity index (χ4n) is 2.04. The molecule has 1 aliphatic rings. The minimum Gasteiger partial charge on any atom is -0.497 e. The molecule has 1 fully saturated rings. The standard InChI is InChI=1S/C14H20ClN3O2/c1-19-12-3-2-11(13(15)10-12)4-5-17-14(16)18-6-8-20-9-7-18/h2-3,10H,4-9H2,1H3,(H2,16,17). The van der Waals surface area contributed by atoms with Crippen molar-refractivity contribution in [2.45, 2.75) is 6.42 Å². The van der Waals surface area contributed by atoms with Crippen LogP contribution in [-0.2, 0) is 11.2 Å². The molecule has 1 aromatic carbocycles. The van der Waals surface area contributed by atoms with Gasteiger partial charge in [-0.15, -0.1) is 0 Å². The molecule has 6 heteroatoms. The summed E-state index contributed by atoms with van der Waals surface area (Å²) in [6, 6.07) is 5.67. The van der Waals surface area contributed by atoms with E-state index in [9.17, 15) is 0 Å². The highest BCUT2D eigenvalue weighted by atomic mass is 35.5. The maximum atomic E-state index is 6.19. The Morgan fingerprint density at radius 1 is 1.45 bits per heavy atom. The van der Waals surface area contributed by atoms with Gasteiger partial charge in [-0.05, 0) is 24.1 Å².